The summed E-state index contributed by atoms with van der Waals surface area (Å²) in [4.78, 5) is 11.0. The fraction of sp³-hybridized carbons (Fsp3) is 0.714. The van der Waals surface area contributed by atoms with Gasteiger partial charge >= 0.3 is 0 Å². The Bertz CT molecular complexity index is 448. The number of nitrogens with zero attached hydrogens (tertiary/aromatic N) is 3. The van der Waals surface area contributed by atoms with Gasteiger partial charge in [-0.1, -0.05) is 39.3 Å². The van der Waals surface area contributed by atoms with Gasteiger partial charge < -0.3 is 4.90 Å². The summed E-state index contributed by atoms with van der Waals surface area (Å²) in [5.74, 6) is 2.49. The zero-order valence-electron chi connectivity index (χ0n) is 12.1. The highest BCUT2D eigenvalue weighted by molar-refractivity contribution is 8.00. The lowest BCUT2D eigenvalue weighted by molar-refractivity contribution is 0.632. The molecule has 0 bridgehead atoms. The Morgan fingerprint density at radius 3 is 2.74 bits per heavy atom. The minimum atomic E-state index is 0.340. The molecule has 0 atom stereocenters. The van der Waals surface area contributed by atoms with E-state index >= 15 is 0 Å². The summed E-state index contributed by atoms with van der Waals surface area (Å²) in [6.45, 7) is 11.0. The molecule has 0 unspecified atom stereocenters. The molecule has 2 heterocycles. The number of thioether (sulfide) groups is 1. The third-order valence-electron chi connectivity index (χ3n) is 3.53. The largest absolute Gasteiger partial charge is 0.355 e. The van der Waals surface area contributed by atoms with Crippen LogP contribution in [0.5, 0.6) is 0 Å². The molecule has 19 heavy (non-hydrogen) atoms. The van der Waals surface area contributed by atoms with Gasteiger partial charge in [-0.25, -0.2) is 9.97 Å². The van der Waals surface area contributed by atoms with Crippen molar-refractivity contribution in [3.05, 3.63) is 17.0 Å². The molecule has 0 saturated carbocycles. The normalized spacial score (nSPS) is 19.6. The van der Waals surface area contributed by atoms with Crippen LogP contribution in [0, 0.1) is 0 Å². The Morgan fingerprint density at radius 1 is 1.32 bits per heavy atom. The Balaban J connectivity index is 2.29. The molecule has 106 valence electrons. The number of hydrogen-bond donors (Lipinski definition) is 0. The predicted molar refractivity (Wildman–Crippen MR) is 84.5 cm³/mol. The van der Waals surface area contributed by atoms with E-state index in [1.165, 1.54) is 0 Å². The SMILES string of the molecule is CC(C)c1c(Cl)ncnc1N1CCSC(C)(C)CC1. The van der Waals surface area contributed by atoms with Crippen LogP contribution in [0.3, 0.4) is 0 Å². The first-order valence-electron chi connectivity index (χ1n) is 6.80. The van der Waals surface area contributed by atoms with Crippen molar-refractivity contribution in [3.8, 4) is 0 Å². The lowest BCUT2D eigenvalue weighted by Gasteiger charge is -2.26. The van der Waals surface area contributed by atoms with Crippen molar-refractivity contribution in [2.45, 2.75) is 44.8 Å². The molecule has 1 aliphatic heterocycles. The monoisotopic (exact) mass is 299 g/mol. The van der Waals surface area contributed by atoms with Crippen LogP contribution in [0.15, 0.2) is 6.33 Å². The summed E-state index contributed by atoms with van der Waals surface area (Å²) in [6, 6.07) is 0. The van der Waals surface area contributed by atoms with Gasteiger partial charge in [0.25, 0.3) is 0 Å². The third-order valence-corrected chi connectivity index (χ3v) is 5.20. The number of halogens is 1. The first-order chi connectivity index (χ1) is 8.91. The van der Waals surface area contributed by atoms with Crippen LogP contribution < -0.4 is 4.90 Å². The maximum atomic E-state index is 6.26. The van der Waals surface area contributed by atoms with E-state index in [0.717, 1.165) is 36.6 Å². The van der Waals surface area contributed by atoms with E-state index in [0.29, 0.717) is 15.8 Å². The Hall–Kier alpha value is -0.480. The second-order valence-corrected chi connectivity index (χ2v) is 8.06. The first kappa shape index (κ1) is 14.9. The summed E-state index contributed by atoms with van der Waals surface area (Å²) >= 11 is 8.30. The topological polar surface area (TPSA) is 29.0 Å². The molecular formula is C14H22ClN3S. The Morgan fingerprint density at radius 2 is 2.05 bits per heavy atom. The van der Waals surface area contributed by atoms with Gasteiger partial charge in [-0.2, -0.15) is 11.8 Å². The molecule has 1 aromatic heterocycles. The highest BCUT2D eigenvalue weighted by Crippen LogP contribution is 2.35. The molecule has 5 heteroatoms. The van der Waals surface area contributed by atoms with Gasteiger partial charge in [0.2, 0.25) is 0 Å². The van der Waals surface area contributed by atoms with Crippen molar-refractivity contribution in [1.29, 1.82) is 0 Å². The summed E-state index contributed by atoms with van der Waals surface area (Å²) in [5, 5.41) is 0.594. The molecule has 1 fully saturated rings. The number of anilines is 1. The van der Waals surface area contributed by atoms with Gasteiger partial charge in [0.1, 0.15) is 17.3 Å². The fourth-order valence-corrected chi connectivity index (χ4v) is 3.79. The summed E-state index contributed by atoms with van der Waals surface area (Å²) in [6.07, 6.45) is 2.74. The second kappa shape index (κ2) is 5.88. The molecule has 1 aromatic rings. The number of hydrogen-bond acceptors (Lipinski definition) is 4. The average molecular weight is 300 g/mol. The van der Waals surface area contributed by atoms with Crippen molar-refractivity contribution in [2.24, 2.45) is 0 Å². The third kappa shape index (κ3) is 3.54. The fourth-order valence-electron chi connectivity index (χ4n) is 2.35. The highest BCUT2D eigenvalue weighted by Gasteiger charge is 2.26. The van der Waals surface area contributed by atoms with E-state index < -0.39 is 0 Å². The zero-order valence-corrected chi connectivity index (χ0v) is 13.7. The van der Waals surface area contributed by atoms with Crippen molar-refractivity contribution >= 4 is 29.2 Å². The molecule has 0 radical (unpaired) electrons. The van der Waals surface area contributed by atoms with Crippen LogP contribution in [0.2, 0.25) is 5.15 Å². The lowest BCUT2D eigenvalue weighted by atomic mass is 10.0. The summed E-state index contributed by atoms with van der Waals surface area (Å²) < 4.78 is 0.351. The highest BCUT2D eigenvalue weighted by atomic mass is 35.5. The number of aromatic nitrogens is 2. The Labute approximate surface area is 125 Å². The number of rotatable bonds is 2. The molecule has 2 rings (SSSR count). The van der Waals surface area contributed by atoms with Crippen molar-refractivity contribution in [1.82, 2.24) is 9.97 Å². The van der Waals surface area contributed by atoms with E-state index in [1.54, 1.807) is 6.33 Å². The van der Waals surface area contributed by atoms with Gasteiger partial charge in [-0.3, -0.25) is 0 Å². The van der Waals surface area contributed by atoms with Crippen LogP contribution >= 0.6 is 23.4 Å². The standard InChI is InChI=1S/C14H22ClN3S/c1-10(2)11-12(15)16-9-17-13(11)18-6-5-14(3,4)19-8-7-18/h9-10H,5-8H2,1-4H3. The van der Waals surface area contributed by atoms with Gasteiger partial charge in [-0.05, 0) is 12.3 Å². The zero-order chi connectivity index (χ0) is 14.0. The van der Waals surface area contributed by atoms with Gasteiger partial charge in [0.15, 0.2) is 0 Å². The minimum Gasteiger partial charge on any atom is -0.355 e. The molecule has 0 amide bonds. The summed E-state index contributed by atoms with van der Waals surface area (Å²) in [5.41, 5.74) is 1.08. The lowest BCUT2D eigenvalue weighted by Crippen LogP contribution is -2.29. The Kier molecular flexibility index (Phi) is 4.62. The molecular weight excluding hydrogens is 278 g/mol. The van der Waals surface area contributed by atoms with Crippen molar-refractivity contribution < 1.29 is 0 Å². The van der Waals surface area contributed by atoms with Crippen molar-refractivity contribution in [3.63, 3.8) is 0 Å². The van der Waals surface area contributed by atoms with E-state index in [4.69, 9.17) is 11.6 Å². The minimum absolute atomic E-state index is 0.340. The predicted octanol–water partition coefficient (Wildman–Crippen LogP) is 3.98. The molecule has 0 spiro atoms. The maximum Gasteiger partial charge on any atom is 0.138 e. The summed E-state index contributed by atoms with van der Waals surface area (Å²) in [7, 11) is 0. The maximum absolute atomic E-state index is 6.26. The van der Waals surface area contributed by atoms with Crippen LogP contribution in [0.1, 0.15) is 45.6 Å². The van der Waals surface area contributed by atoms with Gasteiger partial charge in [0, 0.05) is 29.2 Å². The van der Waals surface area contributed by atoms with E-state index in [-0.39, 0.29) is 0 Å². The van der Waals surface area contributed by atoms with E-state index in [2.05, 4.69) is 42.6 Å². The quantitative estimate of drug-likeness (QED) is 0.773. The van der Waals surface area contributed by atoms with Crippen LogP contribution in [-0.4, -0.2) is 33.6 Å². The molecule has 3 nitrogen and oxygen atoms in total. The molecule has 1 aliphatic rings. The molecule has 0 aromatic carbocycles. The average Bonchev–Trinajstić information content (AvgIpc) is 2.49. The second-order valence-electron chi connectivity index (χ2n) is 5.90. The van der Waals surface area contributed by atoms with E-state index in [9.17, 15) is 0 Å². The smallest absolute Gasteiger partial charge is 0.138 e. The van der Waals surface area contributed by atoms with Crippen LogP contribution in [0.4, 0.5) is 5.82 Å². The van der Waals surface area contributed by atoms with Crippen LogP contribution in [-0.2, 0) is 0 Å². The molecule has 0 aliphatic carbocycles. The molecule has 0 N–H and O–H groups in total. The van der Waals surface area contributed by atoms with Gasteiger partial charge in [-0.15, -0.1) is 0 Å². The molecule has 1 saturated heterocycles. The van der Waals surface area contributed by atoms with E-state index in [1.807, 2.05) is 11.8 Å². The van der Waals surface area contributed by atoms with Crippen LogP contribution in [0.25, 0.3) is 0 Å². The van der Waals surface area contributed by atoms with Crippen molar-refractivity contribution in [2.75, 3.05) is 23.7 Å². The van der Waals surface area contributed by atoms with Gasteiger partial charge in [0.05, 0.1) is 0 Å². The first-order valence-corrected chi connectivity index (χ1v) is 8.16.